The van der Waals surface area contributed by atoms with Crippen molar-refractivity contribution in [1.29, 1.82) is 0 Å². The molecule has 0 atom stereocenters. The molecule has 0 radical (unpaired) electrons. The molecular weight excluding hydrogens is 297 g/mol. The van der Waals surface area contributed by atoms with E-state index in [1.54, 1.807) is 0 Å². The van der Waals surface area contributed by atoms with Crippen molar-refractivity contribution < 1.29 is 22.8 Å². The van der Waals surface area contributed by atoms with Gasteiger partial charge in [-0.05, 0) is 25.0 Å². The molecule has 7 heteroatoms. The van der Waals surface area contributed by atoms with E-state index < -0.39 is 17.6 Å². The topological polar surface area (TPSA) is 58.2 Å². The molecule has 122 valence electrons. The molecule has 0 aliphatic heterocycles. The van der Waals surface area contributed by atoms with Gasteiger partial charge >= 0.3 is 6.18 Å². The minimum Gasteiger partial charge on any atom is -0.347 e. The monoisotopic (exact) mass is 316 g/mol. The molecule has 0 unspecified atom stereocenters. The van der Waals surface area contributed by atoms with Crippen LogP contribution >= 0.6 is 0 Å². The molecule has 22 heavy (non-hydrogen) atoms. The van der Waals surface area contributed by atoms with Crippen molar-refractivity contribution in [3.05, 3.63) is 29.8 Å². The average molecular weight is 316 g/mol. The van der Waals surface area contributed by atoms with E-state index in [1.807, 2.05) is 13.8 Å². The van der Waals surface area contributed by atoms with Crippen LogP contribution in [0, 0.1) is 5.92 Å². The predicted octanol–water partition coefficient (Wildman–Crippen LogP) is 3.20. The van der Waals surface area contributed by atoms with Crippen molar-refractivity contribution in [3.8, 4) is 0 Å². The van der Waals surface area contributed by atoms with Crippen LogP contribution in [-0.2, 0) is 15.8 Å². The largest absolute Gasteiger partial charge is 0.418 e. The molecule has 0 aliphatic carbocycles. The fourth-order valence-electron chi connectivity index (χ4n) is 2.00. The lowest BCUT2D eigenvalue weighted by molar-refractivity contribution is -0.137. The zero-order chi connectivity index (χ0) is 16.8. The van der Waals surface area contributed by atoms with Crippen molar-refractivity contribution in [2.24, 2.45) is 5.92 Å². The Balaban J connectivity index is 2.65. The summed E-state index contributed by atoms with van der Waals surface area (Å²) in [6.45, 7) is 3.35. The highest BCUT2D eigenvalue weighted by molar-refractivity contribution is 5.95. The van der Waals surface area contributed by atoms with E-state index in [2.05, 4.69) is 10.6 Å². The summed E-state index contributed by atoms with van der Waals surface area (Å²) in [6, 6.07) is 4.70. The zero-order valence-electron chi connectivity index (χ0n) is 12.5. The Morgan fingerprint density at radius 2 is 1.73 bits per heavy atom. The summed E-state index contributed by atoms with van der Waals surface area (Å²) in [5, 5.41) is 4.60. The van der Waals surface area contributed by atoms with Crippen molar-refractivity contribution in [2.75, 3.05) is 11.9 Å². The van der Waals surface area contributed by atoms with Gasteiger partial charge in [-0.3, -0.25) is 9.59 Å². The summed E-state index contributed by atoms with van der Waals surface area (Å²) >= 11 is 0. The van der Waals surface area contributed by atoms with Crippen molar-refractivity contribution in [1.82, 2.24) is 5.32 Å². The molecule has 0 aliphatic rings. The number of carbonyl (C=O) groups excluding carboxylic acids is 2. The summed E-state index contributed by atoms with van der Waals surface area (Å²) < 4.78 is 38.4. The van der Waals surface area contributed by atoms with Gasteiger partial charge in [0.25, 0.3) is 0 Å². The van der Waals surface area contributed by atoms with Crippen LogP contribution in [-0.4, -0.2) is 18.4 Å². The lowest BCUT2D eigenvalue weighted by Crippen LogP contribution is -2.36. The number of amides is 2. The first kappa shape index (κ1) is 18.0. The van der Waals surface area contributed by atoms with Gasteiger partial charge in [0.15, 0.2) is 0 Å². The molecular formula is C15H19F3N2O2. The third-order valence-electron chi connectivity index (χ3n) is 3.29. The van der Waals surface area contributed by atoms with E-state index in [1.165, 1.54) is 18.2 Å². The zero-order valence-corrected chi connectivity index (χ0v) is 12.5. The molecule has 1 aromatic rings. The Labute approximate surface area is 127 Å². The normalized spacial score (nSPS) is 11.4. The van der Waals surface area contributed by atoms with Crippen molar-refractivity contribution in [2.45, 2.75) is 32.9 Å². The Morgan fingerprint density at radius 1 is 1.14 bits per heavy atom. The Kier molecular flexibility index (Phi) is 6.39. The van der Waals surface area contributed by atoms with Crippen molar-refractivity contribution in [3.63, 3.8) is 0 Å². The molecule has 0 bridgehead atoms. The van der Waals surface area contributed by atoms with Crippen LogP contribution in [0.25, 0.3) is 0 Å². The first-order valence-electron chi connectivity index (χ1n) is 7.03. The van der Waals surface area contributed by atoms with Crippen LogP contribution in [0.1, 0.15) is 32.3 Å². The van der Waals surface area contributed by atoms with Crippen LogP contribution < -0.4 is 10.6 Å². The highest BCUT2D eigenvalue weighted by atomic mass is 19.4. The van der Waals surface area contributed by atoms with E-state index in [-0.39, 0.29) is 24.1 Å². The van der Waals surface area contributed by atoms with Gasteiger partial charge < -0.3 is 10.6 Å². The van der Waals surface area contributed by atoms with E-state index in [0.717, 1.165) is 6.07 Å². The van der Waals surface area contributed by atoms with E-state index in [4.69, 9.17) is 0 Å². The first-order chi connectivity index (χ1) is 10.3. The molecule has 0 heterocycles. The van der Waals surface area contributed by atoms with E-state index >= 15 is 0 Å². The van der Waals surface area contributed by atoms with E-state index in [0.29, 0.717) is 12.8 Å². The molecule has 0 saturated carbocycles. The minimum atomic E-state index is -4.55. The number of hydrogen-bond donors (Lipinski definition) is 2. The summed E-state index contributed by atoms with van der Waals surface area (Å²) in [4.78, 5) is 23.4. The second-order valence-corrected chi connectivity index (χ2v) is 4.82. The molecule has 0 fully saturated rings. The number of anilines is 1. The molecule has 2 N–H and O–H groups in total. The first-order valence-corrected chi connectivity index (χ1v) is 7.03. The number of para-hydroxylation sites is 1. The number of rotatable bonds is 6. The summed E-state index contributed by atoms with van der Waals surface area (Å²) in [6.07, 6.45) is -3.27. The second kappa shape index (κ2) is 7.82. The number of hydrogen-bond acceptors (Lipinski definition) is 2. The third kappa shape index (κ3) is 5.05. The molecule has 1 rings (SSSR count). The van der Waals surface area contributed by atoms with Gasteiger partial charge in [-0.25, -0.2) is 0 Å². The standard InChI is InChI=1S/C15H19F3N2O2/c1-3-10(4-2)14(22)19-9-13(21)20-12-8-6-5-7-11(12)15(16,17)18/h5-8,10H,3-4,9H2,1-2H3,(H,19,22)(H,20,21). The predicted molar refractivity (Wildman–Crippen MR) is 77.2 cm³/mol. The number of carbonyl (C=O) groups is 2. The Morgan fingerprint density at radius 3 is 2.27 bits per heavy atom. The van der Waals surface area contributed by atoms with Gasteiger partial charge in [0.1, 0.15) is 0 Å². The van der Waals surface area contributed by atoms with E-state index in [9.17, 15) is 22.8 Å². The fourth-order valence-corrected chi connectivity index (χ4v) is 2.00. The summed E-state index contributed by atoms with van der Waals surface area (Å²) in [5.41, 5.74) is -1.24. The second-order valence-electron chi connectivity index (χ2n) is 4.82. The molecule has 0 spiro atoms. The van der Waals surface area contributed by atoms with Gasteiger partial charge in [0.05, 0.1) is 17.8 Å². The number of alkyl halides is 3. The molecule has 2 amide bonds. The lowest BCUT2D eigenvalue weighted by Gasteiger charge is -2.15. The maximum atomic E-state index is 12.8. The lowest BCUT2D eigenvalue weighted by atomic mass is 10.0. The number of halogens is 3. The Bertz CT molecular complexity index is 526. The molecule has 4 nitrogen and oxygen atoms in total. The average Bonchev–Trinajstić information content (AvgIpc) is 2.46. The quantitative estimate of drug-likeness (QED) is 0.847. The van der Waals surface area contributed by atoms with Gasteiger partial charge in [-0.2, -0.15) is 13.2 Å². The van der Waals surface area contributed by atoms with Crippen LogP contribution in [0.4, 0.5) is 18.9 Å². The number of benzene rings is 1. The van der Waals surface area contributed by atoms with Gasteiger partial charge in [-0.15, -0.1) is 0 Å². The maximum Gasteiger partial charge on any atom is 0.418 e. The summed E-state index contributed by atoms with van der Waals surface area (Å²) in [7, 11) is 0. The van der Waals surface area contributed by atoms with Gasteiger partial charge in [0, 0.05) is 5.92 Å². The number of nitrogens with one attached hydrogen (secondary N) is 2. The highest BCUT2D eigenvalue weighted by Crippen LogP contribution is 2.34. The van der Waals surface area contributed by atoms with Crippen molar-refractivity contribution >= 4 is 17.5 Å². The molecule has 1 aromatic carbocycles. The van der Waals surface area contributed by atoms with Crippen LogP contribution in [0.15, 0.2) is 24.3 Å². The van der Waals surface area contributed by atoms with Gasteiger partial charge in [0.2, 0.25) is 11.8 Å². The maximum absolute atomic E-state index is 12.8. The molecule has 0 aromatic heterocycles. The highest BCUT2D eigenvalue weighted by Gasteiger charge is 2.33. The third-order valence-corrected chi connectivity index (χ3v) is 3.29. The fraction of sp³-hybridized carbons (Fsp3) is 0.467. The Hall–Kier alpha value is -2.05. The van der Waals surface area contributed by atoms with Crippen LogP contribution in [0.5, 0.6) is 0 Å². The smallest absolute Gasteiger partial charge is 0.347 e. The van der Waals surface area contributed by atoms with Crippen LogP contribution in [0.2, 0.25) is 0 Å². The van der Waals surface area contributed by atoms with Gasteiger partial charge in [-0.1, -0.05) is 26.0 Å². The van der Waals surface area contributed by atoms with Crippen LogP contribution in [0.3, 0.4) is 0 Å². The molecule has 0 saturated heterocycles. The minimum absolute atomic E-state index is 0.199. The summed E-state index contributed by atoms with van der Waals surface area (Å²) in [5.74, 6) is -1.17. The SMILES string of the molecule is CCC(CC)C(=O)NCC(=O)Nc1ccccc1C(F)(F)F.